The molecular weight excluding hydrogens is 379 g/mol. The Kier molecular flexibility index (Phi) is 3.73. The van der Waals surface area contributed by atoms with E-state index in [1.54, 1.807) is 6.08 Å². The van der Waals surface area contributed by atoms with E-state index in [0.29, 0.717) is 17.1 Å². The average molecular weight is 398 g/mol. The van der Waals surface area contributed by atoms with Crippen LogP contribution in [0.25, 0.3) is 10.8 Å². The number of hydrogen-bond acceptors (Lipinski definition) is 3. The molecule has 1 saturated carbocycles. The van der Waals surface area contributed by atoms with Gasteiger partial charge in [0.1, 0.15) is 17.3 Å². The maximum absolute atomic E-state index is 14.4. The summed E-state index contributed by atoms with van der Waals surface area (Å²) in [6.45, 7) is 0. The molecule has 0 spiro atoms. The molecule has 1 aliphatic heterocycles. The molecule has 3 aromatic rings. The van der Waals surface area contributed by atoms with Crippen LogP contribution in [0.2, 0.25) is 0 Å². The van der Waals surface area contributed by atoms with Crippen molar-refractivity contribution in [2.45, 2.75) is 31.6 Å². The van der Waals surface area contributed by atoms with Crippen LogP contribution in [-0.4, -0.2) is 11.6 Å². The lowest BCUT2D eigenvalue weighted by atomic mass is 9.75. The highest BCUT2D eigenvalue weighted by atomic mass is 19.1. The van der Waals surface area contributed by atoms with Crippen LogP contribution in [0.3, 0.4) is 0 Å². The zero-order valence-corrected chi connectivity index (χ0v) is 16.3. The van der Waals surface area contributed by atoms with Crippen molar-refractivity contribution >= 4 is 22.3 Å². The smallest absolute Gasteiger partial charge is 0.196 e. The number of halogens is 1. The quantitative estimate of drug-likeness (QED) is 0.490. The van der Waals surface area contributed by atoms with Gasteiger partial charge in [-0.3, -0.25) is 9.59 Å². The Morgan fingerprint density at radius 1 is 1.03 bits per heavy atom. The van der Waals surface area contributed by atoms with Crippen LogP contribution in [0.4, 0.5) is 4.39 Å². The molecule has 0 aromatic heterocycles. The molecule has 30 heavy (non-hydrogen) atoms. The number of carbonyl (C=O) groups is 2. The third kappa shape index (κ3) is 2.43. The number of hydrogen-bond donors (Lipinski definition) is 0. The van der Waals surface area contributed by atoms with Crippen molar-refractivity contribution in [2.75, 3.05) is 0 Å². The molecule has 0 saturated heterocycles. The first-order valence-corrected chi connectivity index (χ1v) is 10.5. The van der Waals surface area contributed by atoms with Gasteiger partial charge in [0.05, 0.1) is 5.57 Å². The van der Waals surface area contributed by atoms with Crippen LogP contribution < -0.4 is 4.74 Å². The predicted molar refractivity (Wildman–Crippen MR) is 112 cm³/mol. The molecule has 2 aliphatic carbocycles. The zero-order valence-electron chi connectivity index (χ0n) is 16.3. The Bertz CT molecular complexity index is 1280. The van der Waals surface area contributed by atoms with E-state index in [9.17, 15) is 14.0 Å². The van der Waals surface area contributed by atoms with Gasteiger partial charge in [0.15, 0.2) is 11.6 Å². The van der Waals surface area contributed by atoms with Crippen LogP contribution in [0.5, 0.6) is 11.5 Å². The summed E-state index contributed by atoms with van der Waals surface area (Å²) in [5.74, 6) is -0.396. The molecule has 1 fully saturated rings. The van der Waals surface area contributed by atoms with Crippen molar-refractivity contribution in [3.63, 3.8) is 0 Å². The Morgan fingerprint density at radius 2 is 1.83 bits per heavy atom. The van der Waals surface area contributed by atoms with E-state index in [4.69, 9.17) is 4.74 Å². The fourth-order valence-corrected chi connectivity index (χ4v) is 5.23. The first-order chi connectivity index (χ1) is 14.6. The average Bonchev–Trinajstić information content (AvgIpc) is 3.29. The van der Waals surface area contributed by atoms with Gasteiger partial charge in [0.2, 0.25) is 0 Å². The van der Waals surface area contributed by atoms with Crippen LogP contribution in [0, 0.1) is 11.7 Å². The fraction of sp³-hybridized carbons (Fsp3) is 0.231. The number of fused-ring (bicyclic) bond motifs is 4. The number of carbonyl (C=O) groups excluding carboxylic acids is 2. The van der Waals surface area contributed by atoms with Gasteiger partial charge in [0, 0.05) is 40.0 Å². The monoisotopic (exact) mass is 398 g/mol. The highest BCUT2D eigenvalue weighted by Crippen LogP contribution is 2.51. The number of ketones is 2. The maximum atomic E-state index is 14.4. The van der Waals surface area contributed by atoms with Crippen molar-refractivity contribution in [3.05, 3.63) is 82.7 Å². The minimum Gasteiger partial charge on any atom is -0.456 e. The van der Waals surface area contributed by atoms with Crippen LogP contribution in [0.15, 0.2) is 60.2 Å². The first-order valence-electron chi connectivity index (χ1n) is 10.5. The lowest BCUT2D eigenvalue weighted by Crippen LogP contribution is -2.27. The zero-order chi connectivity index (χ0) is 20.4. The van der Waals surface area contributed by atoms with Gasteiger partial charge in [-0.1, -0.05) is 55.3 Å². The molecule has 148 valence electrons. The number of Topliss-reactive ketones (excluding diaryl/α,β-unsaturated/α-hetero) is 2. The second-order valence-corrected chi connectivity index (χ2v) is 8.41. The van der Waals surface area contributed by atoms with Gasteiger partial charge in [-0.15, -0.1) is 0 Å². The van der Waals surface area contributed by atoms with Gasteiger partial charge < -0.3 is 4.74 Å². The molecule has 3 aliphatic rings. The highest BCUT2D eigenvalue weighted by Gasteiger charge is 2.40. The number of ether oxygens (including phenoxy) is 1. The van der Waals surface area contributed by atoms with Gasteiger partial charge >= 0.3 is 0 Å². The Morgan fingerprint density at radius 3 is 2.67 bits per heavy atom. The van der Waals surface area contributed by atoms with E-state index >= 15 is 0 Å². The highest BCUT2D eigenvalue weighted by molar-refractivity contribution is 6.28. The third-order valence-corrected chi connectivity index (χ3v) is 6.69. The van der Waals surface area contributed by atoms with Crippen molar-refractivity contribution in [1.29, 1.82) is 0 Å². The van der Waals surface area contributed by atoms with Crippen molar-refractivity contribution in [2.24, 2.45) is 5.92 Å². The van der Waals surface area contributed by atoms with E-state index in [1.807, 2.05) is 36.4 Å². The van der Waals surface area contributed by atoms with Gasteiger partial charge in [0.25, 0.3) is 0 Å². The predicted octanol–water partition coefficient (Wildman–Crippen LogP) is 6.10. The molecule has 3 aromatic carbocycles. The summed E-state index contributed by atoms with van der Waals surface area (Å²) in [6, 6.07) is 14.5. The summed E-state index contributed by atoms with van der Waals surface area (Å²) in [4.78, 5) is 26.4. The summed E-state index contributed by atoms with van der Waals surface area (Å²) in [6.07, 6.45) is 5.46. The summed E-state index contributed by atoms with van der Waals surface area (Å²) in [5, 5.41) is 1.95. The van der Waals surface area contributed by atoms with E-state index in [1.165, 1.54) is 12.1 Å². The Hall–Kier alpha value is -3.27. The van der Waals surface area contributed by atoms with Crippen molar-refractivity contribution in [1.82, 2.24) is 0 Å². The van der Waals surface area contributed by atoms with Crippen molar-refractivity contribution < 1.29 is 18.7 Å². The minimum atomic E-state index is -0.533. The largest absolute Gasteiger partial charge is 0.456 e. The summed E-state index contributed by atoms with van der Waals surface area (Å²) >= 11 is 0. The van der Waals surface area contributed by atoms with Gasteiger partial charge in [-0.2, -0.15) is 0 Å². The van der Waals surface area contributed by atoms with Crippen LogP contribution in [-0.2, 0) is 4.79 Å². The first kappa shape index (κ1) is 17.6. The molecule has 0 N–H and O–H groups in total. The molecular formula is C26H19FO3. The van der Waals surface area contributed by atoms with Gasteiger partial charge in [-0.05, 0) is 24.3 Å². The number of rotatable bonds is 2. The second kappa shape index (κ2) is 6.36. The van der Waals surface area contributed by atoms with E-state index < -0.39 is 5.82 Å². The lowest BCUT2D eigenvalue weighted by molar-refractivity contribution is -0.118. The molecule has 1 atom stereocenters. The molecule has 0 radical (unpaired) electrons. The molecule has 0 amide bonds. The van der Waals surface area contributed by atoms with E-state index in [2.05, 4.69) is 0 Å². The molecule has 0 bridgehead atoms. The summed E-state index contributed by atoms with van der Waals surface area (Å²) in [5.41, 5.74) is 2.01. The van der Waals surface area contributed by atoms with Crippen LogP contribution >= 0.6 is 0 Å². The molecule has 6 rings (SSSR count). The normalized spacial score (nSPS) is 19.8. The van der Waals surface area contributed by atoms with Gasteiger partial charge in [-0.25, -0.2) is 4.39 Å². The summed E-state index contributed by atoms with van der Waals surface area (Å²) < 4.78 is 20.6. The molecule has 4 heteroatoms. The lowest BCUT2D eigenvalue weighted by Gasteiger charge is -2.32. The summed E-state index contributed by atoms with van der Waals surface area (Å²) in [7, 11) is 0. The molecule has 1 heterocycles. The minimum absolute atomic E-state index is 0.0946. The topological polar surface area (TPSA) is 43.4 Å². The maximum Gasteiger partial charge on any atom is 0.196 e. The van der Waals surface area contributed by atoms with Crippen molar-refractivity contribution in [3.8, 4) is 11.5 Å². The number of benzene rings is 3. The van der Waals surface area contributed by atoms with E-state index in [0.717, 1.165) is 42.0 Å². The fourth-order valence-electron chi connectivity index (χ4n) is 5.23. The Labute approximate surface area is 173 Å². The molecule has 3 nitrogen and oxygen atoms in total. The Balaban J connectivity index is 1.59. The second-order valence-electron chi connectivity index (χ2n) is 8.41. The standard InChI is InChI=1S/C26H19FO3/c27-16-11-20-23-19(13-21(25(20)29)24(28)15-6-1-2-7-15)18-10-9-14-5-3-4-8-17(14)26(18)30-22(23)12-16/h3-5,8-13,15,19H,1-2,6-7H2. The SMILES string of the molecule is O=C1C(C(=O)C2CCCC2)=CC2c3ccc4ccccc4c3Oc3cc(F)cc1c32. The van der Waals surface area contributed by atoms with E-state index in [-0.39, 0.29) is 34.5 Å². The third-order valence-electron chi connectivity index (χ3n) is 6.69. The molecule has 1 unspecified atom stereocenters. The number of allylic oxidation sites excluding steroid dienone is 2. The van der Waals surface area contributed by atoms with Crippen LogP contribution in [0.1, 0.15) is 53.1 Å².